The third-order valence-electron chi connectivity index (χ3n) is 3.84. The van der Waals surface area contributed by atoms with Crippen molar-refractivity contribution in [3.63, 3.8) is 0 Å². The largest absolute Gasteiger partial charge is 0.497 e. The number of methoxy groups -OCH3 is 1. The zero-order valence-electron chi connectivity index (χ0n) is 14.2. The number of benzene rings is 3. The van der Waals surface area contributed by atoms with Gasteiger partial charge < -0.3 is 15.4 Å². The fourth-order valence-electron chi connectivity index (χ4n) is 2.39. The summed E-state index contributed by atoms with van der Waals surface area (Å²) in [5.74, 6) is 0.574. The van der Waals surface area contributed by atoms with Gasteiger partial charge >= 0.3 is 0 Å². The van der Waals surface area contributed by atoms with E-state index in [1.54, 1.807) is 31.4 Å². The van der Waals surface area contributed by atoms with Gasteiger partial charge in [0.25, 0.3) is 5.91 Å². The minimum absolute atomic E-state index is 0.151. The van der Waals surface area contributed by atoms with E-state index in [4.69, 9.17) is 4.74 Å². The van der Waals surface area contributed by atoms with E-state index < -0.39 is 0 Å². The predicted octanol–water partition coefficient (Wildman–Crippen LogP) is 5.00. The first-order valence-corrected chi connectivity index (χ1v) is 8.03. The number of hydrogen-bond acceptors (Lipinski definition) is 3. The van der Waals surface area contributed by atoms with Gasteiger partial charge in [0.2, 0.25) is 0 Å². The zero-order valence-corrected chi connectivity index (χ0v) is 14.2. The molecule has 0 aliphatic heterocycles. The summed E-state index contributed by atoms with van der Waals surface area (Å²) in [4.78, 5) is 12.3. The molecule has 0 aliphatic rings. The quantitative estimate of drug-likeness (QED) is 0.691. The average Bonchev–Trinajstić information content (AvgIpc) is 2.65. The minimum Gasteiger partial charge on any atom is -0.497 e. The van der Waals surface area contributed by atoms with Gasteiger partial charge in [-0.3, -0.25) is 4.79 Å². The SMILES string of the molecule is COc1ccc(C(=O)Nc2ccc(Nc3ccc(C)cc3)cc2)cc1. The summed E-state index contributed by atoms with van der Waals surface area (Å²) in [6.45, 7) is 2.06. The Bertz CT molecular complexity index is 839. The molecular formula is C21H20N2O2. The van der Waals surface area contributed by atoms with Crippen molar-refractivity contribution in [3.05, 3.63) is 83.9 Å². The molecule has 3 rings (SSSR count). The first-order chi connectivity index (χ1) is 12.1. The second kappa shape index (κ2) is 7.53. The number of ether oxygens (including phenoxy) is 1. The molecule has 4 nitrogen and oxygen atoms in total. The van der Waals surface area contributed by atoms with Crippen LogP contribution in [0.15, 0.2) is 72.8 Å². The number of aryl methyl sites for hydroxylation is 1. The van der Waals surface area contributed by atoms with E-state index in [-0.39, 0.29) is 5.91 Å². The van der Waals surface area contributed by atoms with E-state index in [2.05, 4.69) is 29.7 Å². The highest BCUT2D eigenvalue weighted by Gasteiger charge is 2.06. The van der Waals surface area contributed by atoms with Crippen molar-refractivity contribution in [2.75, 3.05) is 17.7 Å². The fourth-order valence-corrected chi connectivity index (χ4v) is 2.39. The fraction of sp³-hybridized carbons (Fsp3) is 0.0952. The maximum Gasteiger partial charge on any atom is 0.255 e. The Morgan fingerprint density at radius 2 is 1.28 bits per heavy atom. The molecule has 0 spiro atoms. The van der Waals surface area contributed by atoms with Crippen LogP contribution in [0.25, 0.3) is 0 Å². The Labute approximate surface area is 147 Å². The Kier molecular flexibility index (Phi) is 5.00. The molecule has 0 saturated carbocycles. The summed E-state index contributed by atoms with van der Waals surface area (Å²) in [5.41, 5.74) is 4.55. The molecule has 3 aromatic carbocycles. The molecule has 0 bridgehead atoms. The number of amides is 1. The molecule has 0 saturated heterocycles. The van der Waals surface area contributed by atoms with Crippen LogP contribution in [0.1, 0.15) is 15.9 Å². The highest BCUT2D eigenvalue weighted by atomic mass is 16.5. The molecule has 4 heteroatoms. The van der Waals surface area contributed by atoms with E-state index in [0.29, 0.717) is 5.56 Å². The standard InChI is InChI=1S/C21H20N2O2/c1-15-3-7-17(8-4-15)22-18-9-11-19(12-10-18)23-21(24)16-5-13-20(25-2)14-6-16/h3-14,22H,1-2H3,(H,23,24). The smallest absolute Gasteiger partial charge is 0.255 e. The van der Waals surface area contributed by atoms with Gasteiger partial charge in [0.05, 0.1) is 7.11 Å². The van der Waals surface area contributed by atoms with E-state index in [9.17, 15) is 4.79 Å². The van der Waals surface area contributed by atoms with Crippen molar-refractivity contribution in [2.45, 2.75) is 6.92 Å². The van der Waals surface area contributed by atoms with Crippen LogP contribution >= 0.6 is 0 Å². The van der Waals surface area contributed by atoms with Gasteiger partial charge in [-0.15, -0.1) is 0 Å². The van der Waals surface area contributed by atoms with Crippen molar-refractivity contribution in [1.29, 1.82) is 0 Å². The molecule has 0 fully saturated rings. The zero-order chi connectivity index (χ0) is 17.6. The Morgan fingerprint density at radius 3 is 1.84 bits per heavy atom. The summed E-state index contributed by atoms with van der Waals surface area (Å²) in [5, 5.41) is 6.22. The predicted molar refractivity (Wildman–Crippen MR) is 102 cm³/mol. The van der Waals surface area contributed by atoms with Crippen molar-refractivity contribution >= 4 is 23.0 Å². The van der Waals surface area contributed by atoms with Gasteiger partial charge in [0, 0.05) is 22.6 Å². The molecule has 0 aromatic heterocycles. The van der Waals surface area contributed by atoms with Crippen molar-refractivity contribution in [3.8, 4) is 5.75 Å². The maximum atomic E-state index is 12.3. The van der Waals surface area contributed by atoms with Crippen LogP contribution in [0.3, 0.4) is 0 Å². The highest BCUT2D eigenvalue weighted by Crippen LogP contribution is 2.20. The van der Waals surface area contributed by atoms with Crippen molar-refractivity contribution in [1.82, 2.24) is 0 Å². The highest BCUT2D eigenvalue weighted by molar-refractivity contribution is 6.04. The molecule has 0 heterocycles. The average molecular weight is 332 g/mol. The number of carbonyl (C=O) groups excluding carboxylic acids is 1. The number of anilines is 3. The van der Waals surface area contributed by atoms with Crippen LogP contribution in [0.4, 0.5) is 17.1 Å². The van der Waals surface area contributed by atoms with Crippen LogP contribution in [-0.4, -0.2) is 13.0 Å². The summed E-state index contributed by atoms with van der Waals surface area (Å²) in [6.07, 6.45) is 0. The first-order valence-electron chi connectivity index (χ1n) is 8.03. The Balaban J connectivity index is 1.63. The molecule has 0 atom stereocenters. The number of rotatable bonds is 5. The lowest BCUT2D eigenvalue weighted by Crippen LogP contribution is -2.11. The number of carbonyl (C=O) groups is 1. The lowest BCUT2D eigenvalue weighted by atomic mass is 10.2. The van der Waals surface area contributed by atoms with Crippen molar-refractivity contribution < 1.29 is 9.53 Å². The molecule has 2 N–H and O–H groups in total. The van der Waals surface area contributed by atoms with Crippen LogP contribution in [-0.2, 0) is 0 Å². The van der Waals surface area contributed by atoms with Crippen LogP contribution < -0.4 is 15.4 Å². The normalized spacial score (nSPS) is 10.2. The monoisotopic (exact) mass is 332 g/mol. The summed E-state index contributed by atoms with van der Waals surface area (Å²) in [6, 6.07) is 22.8. The molecule has 1 amide bonds. The summed E-state index contributed by atoms with van der Waals surface area (Å²) in [7, 11) is 1.60. The van der Waals surface area contributed by atoms with Gasteiger partial charge in [0.1, 0.15) is 5.75 Å². The second-order valence-corrected chi connectivity index (χ2v) is 5.75. The Hall–Kier alpha value is -3.27. The van der Waals surface area contributed by atoms with Gasteiger partial charge in [-0.1, -0.05) is 17.7 Å². The van der Waals surface area contributed by atoms with Crippen molar-refractivity contribution in [2.24, 2.45) is 0 Å². The number of hydrogen-bond donors (Lipinski definition) is 2. The third kappa shape index (κ3) is 4.38. The Morgan fingerprint density at radius 1 is 0.760 bits per heavy atom. The molecular weight excluding hydrogens is 312 g/mol. The van der Waals surface area contributed by atoms with Crippen LogP contribution in [0.5, 0.6) is 5.75 Å². The second-order valence-electron chi connectivity index (χ2n) is 5.75. The maximum absolute atomic E-state index is 12.3. The molecule has 0 aliphatic carbocycles. The van der Waals surface area contributed by atoms with E-state index >= 15 is 0 Å². The lowest BCUT2D eigenvalue weighted by Gasteiger charge is -2.09. The molecule has 0 unspecified atom stereocenters. The third-order valence-corrected chi connectivity index (χ3v) is 3.84. The topological polar surface area (TPSA) is 50.4 Å². The molecule has 126 valence electrons. The molecule has 3 aromatic rings. The lowest BCUT2D eigenvalue weighted by molar-refractivity contribution is 0.102. The molecule has 25 heavy (non-hydrogen) atoms. The van der Waals surface area contributed by atoms with Gasteiger partial charge in [-0.05, 0) is 67.6 Å². The summed E-state index contributed by atoms with van der Waals surface area (Å²) >= 11 is 0. The van der Waals surface area contributed by atoms with Crippen LogP contribution in [0, 0.1) is 6.92 Å². The van der Waals surface area contributed by atoms with E-state index in [0.717, 1.165) is 22.8 Å². The van der Waals surface area contributed by atoms with Gasteiger partial charge in [-0.2, -0.15) is 0 Å². The number of nitrogens with one attached hydrogen (secondary N) is 2. The van der Waals surface area contributed by atoms with E-state index in [1.165, 1.54) is 5.56 Å². The summed E-state index contributed by atoms with van der Waals surface area (Å²) < 4.78 is 5.10. The molecule has 0 radical (unpaired) electrons. The minimum atomic E-state index is -0.151. The van der Waals surface area contributed by atoms with Crippen LogP contribution in [0.2, 0.25) is 0 Å². The van der Waals surface area contributed by atoms with E-state index in [1.807, 2.05) is 36.4 Å². The first kappa shape index (κ1) is 16.6. The van der Waals surface area contributed by atoms with Gasteiger partial charge in [0.15, 0.2) is 0 Å². The van der Waals surface area contributed by atoms with Gasteiger partial charge in [-0.25, -0.2) is 0 Å².